The topological polar surface area (TPSA) is 133 Å². The summed E-state index contributed by atoms with van der Waals surface area (Å²) < 4.78 is 49.2. The van der Waals surface area contributed by atoms with Gasteiger partial charge in [0.15, 0.2) is 6.10 Å². The van der Waals surface area contributed by atoms with Crippen LogP contribution in [0.15, 0.2) is 113 Å². The number of esters is 1. The molecule has 1 fully saturated rings. The molecule has 11 heteroatoms. The fourth-order valence-corrected chi connectivity index (χ4v) is 6.89. The Labute approximate surface area is 234 Å². The maximum Gasteiger partial charge on any atom is 0.356 e. The zero-order valence-corrected chi connectivity index (χ0v) is 23.0. The van der Waals surface area contributed by atoms with Gasteiger partial charge in [0.2, 0.25) is 5.91 Å². The normalized spacial score (nSPS) is 20.8. The maximum absolute atomic E-state index is 13.7. The molecule has 2 heterocycles. The molecular weight excluding hydrogens is 552 g/mol. The van der Waals surface area contributed by atoms with Crippen LogP contribution < -0.4 is 5.73 Å². The van der Waals surface area contributed by atoms with E-state index in [9.17, 15) is 22.2 Å². The zero-order chi connectivity index (χ0) is 28.4. The van der Waals surface area contributed by atoms with E-state index in [0.29, 0.717) is 11.1 Å². The number of carbonyl (C=O) groups is 2. The van der Waals surface area contributed by atoms with E-state index in [2.05, 4.69) is 0 Å². The molecule has 40 heavy (non-hydrogen) atoms. The predicted octanol–water partition coefficient (Wildman–Crippen LogP) is 3.06. The van der Waals surface area contributed by atoms with E-state index in [4.69, 9.17) is 14.7 Å². The minimum atomic E-state index is -4.15. The lowest BCUT2D eigenvalue weighted by molar-refractivity contribution is -0.153. The third kappa shape index (κ3) is 5.35. The highest BCUT2D eigenvalue weighted by Crippen LogP contribution is 2.36. The van der Waals surface area contributed by atoms with Gasteiger partial charge in [-0.15, -0.1) is 0 Å². The van der Waals surface area contributed by atoms with Gasteiger partial charge in [-0.05, 0) is 41.8 Å². The van der Waals surface area contributed by atoms with Gasteiger partial charge < -0.3 is 14.7 Å². The zero-order valence-electron chi connectivity index (χ0n) is 21.4. The van der Waals surface area contributed by atoms with Gasteiger partial charge in [0.25, 0.3) is 0 Å². The van der Waals surface area contributed by atoms with Crippen LogP contribution in [0.1, 0.15) is 22.8 Å². The van der Waals surface area contributed by atoms with Crippen LogP contribution in [0.5, 0.6) is 0 Å². The number of rotatable bonds is 8. The molecule has 0 aliphatic carbocycles. The third-order valence-electron chi connectivity index (χ3n) is 6.58. The lowest BCUT2D eigenvalue weighted by Crippen LogP contribution is -2.71. The van der Waals surface area contributed by atoms with Gasteiger partial charge in [-0.2, -0.15) is 8.42 Å². The van der Waals surface area contributed by atoms with E-state index in [1.807, 2.05) is 67.6 Å². The second kappa shape index (κ2) is 11.2. The molecule has 1 saturated heterocycles. The van der Waals surface area contributed by atoms with Gasteiger partial charge in [0.1, 0.15) is 28.3 Å². The van der Waals surface area contributed by atoms with Crippen LogP contribution in [0, 0.1) is 6.92 Å². The van der Waals surface area contributed by atoms with E-state index in [0.717, 1.165) is 16.7 Å². The molecule has 0 radical (unpaired) electrons. The van der Waals surface area contributed by atoms with Crippen molar-refractivity contribution >= 4 is 32.8 Å². The molecule has 9 nitrogen and oxygen atoms in total. The number of benzene rings is 3. The summed E-state index contributed by atoms with van der Waals surface area (Å²) in [5.74, 6) is -1.58. The van der Waals surface area contributed by atoms with Gasteiger partial charge in [-0.25, -0.2) is 4.79 Å². The first-order valence-electron chi connectivity index (χ1n) is 12.3. The monoisotopic (exact) mass is 578 g/mol. The number of ether oxygens (including phenoxy) is 1. The molecule has 0 spiro atoms. The van der Waals surface area contributed by atoms with Crippen molar-refractivity contribution in [3.8, 4) is 0 Å². The smallest absolute Gasteiger partial charge is 0.356 e. The number of β-lactam (4-membered cyclic amide) rings is 1. The molecule has 206 valence electrons. The van der Waals surface area contributed by atoms with Crippen LogP contribution >= 0.6 is 0 Å². The van der Waals surface area contributed by atoms with Crippen molar-refractivity contribution in [2.24, 2.45) is 5.73 Å². The Balaban J connectivity index is 1.49. The predicted molar refractivity (Wildman–Crippen MR) is 148 cm³/mol. The van der Waals surface area contributed by atoms with Crippen molar-refractivity contribution in [2.45, 2.75) is 29.3 Å². The van der Waals surface area contributed by atoms with Crippen molar-refractivity contribution in [1.82, 2.24) is 4.90 Å². The van der Waals surface area contributed by atoms with Crippen LogP contribution in [0.4, 0.5) is 0 Å². The van der Waals surface area contributed by atoms with Crippen molar-refractivity contribution in [2.75, 3.05) is 5.75 Å². The summed E-state index contributed by atoms with van der Waals surface area (Å²) in [5, 5.41) is -0.892. The minimum Gasteiger partial charge on any atom is -0.448 e. The number of carbonyl (C=O) groups excluding carboxylic acids is 2. The van der Waals surface area contributed by atoms with Crippen LogP contribution in [-0.4, -0.2) is 46.6 Å². The van der Waals surface area contributed by atoms with Gasteiger partial charge in [0, 0.05) is 0 Å². The maximum atomic E-state index is 13.7. The van der Waals surface area contributed by atoms with Crippen molar-refractivity contribution in [1.29, 1.82) is 0 Å². The molecule has 2 aliphatic rings. The summed E-state index contributed by atoms with van der Waals surface area (Å²) >= 11 is 0. The Morgan fingerprint density at radius 2 is 1.57 bits per heavy atom. The third-order valence-corrected chi connectivity index (χ3v) is 9.43. The molecule has 3 atom stereocenters. The molecule has 2 unspecified atom stereocenters. The first-order chi connectivity index (χ1) is 19.2. The van der Waals surface area contributed by atoms with Crippen LogP contribution in [0.2, 0.25) is 0 Å². The van der Waals surface area contributed by atoms with Crippen LogP contribution in [0.3, 0.4) is 0 Å². The Kier molecular flexibility index (Phi) is 7.70. The second-order valence-electron chi connectivity index (χ2n) is 9.30. The molecule has 1 amide bonds. The summed E-state index contributed by atoms with van der Waals surface area (Å²) in [6, 6.07) is 23.3. The number of nitrogens with two attached hydrogens (primary N) is 1. The minimum absolute atomic E-state index is 0.0545. The number of hydrogen-bond donors (Lipinski definition) is 1. The Morgan fingerprint density at radius 1 is 1.00 bits per heavy atom. The molecule has 0 aromatic heterocycles. The average molecular weight is 579 g/mol. The van der Waals surface area contributed by atoms with Gasteiger partial charge in [-0.3, -0.25) is 13.9 Å². The standard InChI is InChI=1S/C29H26N2O7S2/c1-19-12-14-23(15-13-19)40(35,36)37-17-16-22-18-39(34)28-24(30)27(32)31(28)25(22)29(33)38-26(20-8-4-2-5-9-20)21-10-6-3-7-11-21/h2-17,24,26,28H,18,30H2,1H3/t24?,28-,39?/m1/s1. The highest BCUT2D eigenvalue weighted by molar-refractivity contribution is 7.87. The fourth-order valence-electron chi connectivity index (χ4n) is 4.51. The highest BCUT2D eigenvalue weighted by Gasteiger charge is 2.55. The lowest BCUT2D eigenvalue weighted by atomic mass is 10.0. The molecule has 2 aliphatic heterocycles. The Bertz CT molecular complexity index is 1580. The number of aryl methyl sites for hydroxylation is 1. The second-order valence-corrected chi connectivity index (χ2v) is 12.4. The van der Waals surface area contributed by atoms with Crippen LogP contribution in [-0.2, 0) is 39.4 Å². The van der Waals surface area contributed by atoms with Gasteiger partial charge >= 0.3 is 16.1 Å². The summed E-state index contributed by atoms with van der Waals surface area (Å²) in [6.07, 6.45) is 1.31. The summed E-state index contributed by atoms with van der Waals surface area (Å²) in [7, 11) is -5.79. The summed E-state index contributed by atoms with van der Waals surface area (Å²) in [5.41, 5.74) is 8.17. The number of allylic oxidation sites excluding steroid dienone is 1. The fraction of sp³-hybridized carbons (Fsp3) is 0.172. The highest BCUT2D eigenvalue weighted by atomic mass is 32.2. The Morgan fingerprint density at radius 3 is 2.15 bits per heavy atom. The molecule has 0 saturated carbocycles. The first-order valence-corrected chi connectivity index (χ1v) is 15.1. The van der Waals surface area contributed by atoms with E-state index < -0.39 is 50.3 Å². The number of fused-ring (bicyclic) bond motifs is 1. The lowest BCUT2D eigenvalue weighted by Gasteiger charge is -2.47. The average Bonchev–Trinajstić information content (AvgIpc) is 2.96. The van der Waals surface area contributed by atoms with E-state index in [1.165, 1.54) is 18.2 Å². The van der Waals surface area contributed by atoms with Crippen molar-refractivity contribution in [3.05, 3.63) is 125 Å². The van der Waals surface area contributed by atoms with Gasteiger partial charge in [-0.1, -0.05) is 78.4 Å². The SMILES string of the molecule is Cc1ccc(S(=O)(=O)OC=CC2=C(C(=O)OC(c3ccccc3)c3ccccc3)N3C(=O)C(N)[C@H]3S(=O)C2)cc1. The molecule has 3 aromatic carbocycles. The van der Waals surface area contributed by atoms with Gasteiger partial charge in [0.05, 0.1) is 16.6 Å². The van der Waals surface area contributed by atoms with E-state index in [-0.39, 0.29) is 21.9 Å². The quantitative estimate of drug-likeness (QED) is 0.187. The largest absolute Gasteiger partial charge is 0.448 e. The molecular formula is C29H26N2O7S2. The Hall–Kier alpha value is -4.06. The summed E-state index contributed by atoms with van der Waals surface area (Å²) in [4.78, 5) is 27.5. The summed E-state index contributed by atoms with van der Waals surface area (Å²) in [6.45, 7) is 1.82. The molecule has 0 bridgehead atoms. The first kappa shape index (κ1) is 27.5. The number of hydrogen-bond acceptors (Lipinski definition) is 8. The number of nitrogens with zero attached hydrogens (tertiary/aromatic N) is 1. The van der Waals surface area contributed by atoms with E-state index >= 15 is 0 Å². The number of amides is 1. The molecule has 5 rings (SSSR count). The van der Waals surface area contributed by atoms with Crippen molar-refractivity contribution < 1.29 is 31.1 Å². The van der Waals surface area contributed by atoms with Crippen molar-refractivity contribution in [3.63, 3.8) is 0 Å². The van der Waals surface area contributed by atoms with Crippen LogP contribution in [0.25, 0.3) is 0 Å². The molecule has 3 aromatic rings. The molecule has 2 N–H and O–H groups in total. The van der Waals surface area contributed by atoms with E-state index in [1.54, 1.807) is 12.1 Å².